The van der Waals surface area contributed by atoms with Gasteiger partial charge in [-0.2, -0.15) is 0 Å². The molecule has 0 bridgehead atoms. The Balaban J connectivity index is 1.95. The zero-order chi connectivity index (χ0) is 23.0. The van der Waals surface area contributed by atoms with E-state index in [2.05, 4.69) is 5.32 Å². The molecule has 2 aromatic rings. The summed E-state index contributed by atoms with van der Waals surface area (Å²) in [6.45, 7) is 7.60. The van der Waals surface area contributed by atoms with Crippen LogP contribution in [0.5, 0.6) is 0 Å². The fourth-order valence-electron chi connectivity index (χ4n) is 3.30. The predicted molar refractivity (Wildman–Crippen MR) is 122 cm³/mol. The lowest BCUT2D eigenvalue weighted by Crippen LogP contribution is -2.40. The first-order chi connectivity index (χ1) is 14.3. The number of hydrogen-bond donors (Lipinski definition) is 4. The molecule has 0 atom stereocenters. The van der Waals surface area contributed by atoms with Gasteiger partial charge >= 0.3 is 0 Å². The van der Waals surface area contributed by atoms with Gasteiger partial charge in [-0.1, -0.05) is 24.3 Å². The number of thiophene rings is 1. The van der Waals surface area contributed by atoms with Gasteiger partial charge in [-0.15, -0.1) is 11.3 Å². The van der Waals surface area contributed by atoms with Crippen LogP contribution in [0.2, 0.25) is 0 Å². The Hall–Kier alpha value is -2.68. The Bertz CT molecular complexity index is 1050. The van der Waals surface area contributed by atoms with Crippen molar-refractivity contribution < 1.29 is 19.4 Å². The highest BCUT2D eigenvalue weighted by Gasteiger charge is 2.24. The highest BCUT2D eigenvalue weighted by atomic mass is 32.1. The molecule has 6 nitrogen and oxygen atoms in total. The molecule has 5 N–H and O–H groups in total. The topological polar surface area (TPSA) is 98.8 Å². The number of primary amides is 1. The zero-order valence-electron chi connectivity index (χ0n) is 18.1. The van der Waals surface area contributed by atoms with Crippen molar-refractivity contribution in [3.8, 4) is 10.4 Å². The standard InChI is InChI=1S/C23H28FN3O3S/c1-22(2,29)13-27-10-6-5-7-19(27)26-21-16(20(25)28)12-18(31-21)15-9-8-14(11-17(15)24)23(3,4)30/h5-9,11-12,26,29-30H,10,13H2,1-4H3,(H2,25,28). The highest BCUT2D eigenvalue weighted by Crippen LogP contribution is 2.38. The lowest BCUT2D eigenvalue weighted by molar-refractivity contribution is 0.0500. The van der Waals surface area contributed by atoms with Gasteiger partial charge in [-0.05, 0) is 51.5 Å². The smallest absolute Gasteiger partial charge is 0.251 e. The second-order valence-electron chi connectivity index (χ2n) is 8.77. The molecule has 0 fully saturated rings. The van der Waals surface area contributed by atoms with Crippen molar-refractivity contribution in [3.05, 3.63) is 65.3 Å². The summed E-state index contributed by atoms with van der Waals surface area (Å²) in [5.74, 6) is -0.412. The second-order valence-corrected chi connectivity index (χ2v) is 9.82. The number of halogens is 1. The number of allylic oxidation sites excluding steroid dienone is 2. The van der Waals surface area contributed by atoms with Crippen molar-refractivity contribution in [2.24, 2.45) is 5.73 Å². The Morgan fingerprint density at radius 3 is 2.55 bits per heavy atom. The fourth-order valence-corrected chi connectivity index (χ4v) is 4.40. The van der Waals surface area contributed by atoms with E-state index in [4.69, 9.17) is 5.73 Å². The fraction of sp³-hybridized carbons (Fsp3) is 0.348. The van der Waals surface area contributed by atoms with Gasteiger partial charge in [-0.3, -0.25) is 4.79 Å². The summed E-state index contributed by atoms with van der Waals surface area (Å²) < 4.78 is 14.8. The van der Waals surface area contributed by atoms with Crippen molar-refractivity contribution in [1.82, 2.24) is 4.90 Å². The van der Waals surface area contributed by atoms with E-state index in [-0.39, 0.29) is 5.56 Å². The quantitative estimate of drug-likeness (QED) is 0.520. The molecule has 1 aliphatic heterocycles. The van der Waals surface area contributed by atoms with Gasteiger partial charge in [0.05, 0.1) is 16.8 Å². The van der Waals surface area contributed by atoms with Gasteiger partial charge in [0, 0.05) is 23.5 Å². The molecular weight excluding hydrogens is 417 g/mol. The first-order valence-corrected chi connectivity index (χ1v) is 10.7. The van der Waals surface area contributed by atoms with E-state index in [9.17, 15) is 19.4 Å². The van der Waals surface area contributed by atoms with E-state index in [1.165, 1.54) is 17.4 Å². The molecule has 0 saturated carbocycles. The van der Waals surface area contributed by atoms with E-state index in [1.807, 2.05) is 23.1 Å². The molecule has 0 saturated heterocycles. The van der Waals surface area contributed by atoms with E-state index in [0.29, 0.717) is 39.9 Å². The second kappa shape index (κ2) is 8.45. The molecule has 2 heterocycles. The van der Waals surface area contributed by atoms with E-state index < -0.39 is 22.9 Å². The number of β-amino-alcohol motifs (C(OH)–C–C–N with tert-alkyl or cyclic N) is 1. The van der Waals surface area contributed by atoms with Crippen molar-refractivity contribution in [3.63, 3.8) is 0 Å². The minimum Gasteiger partial charge on any atom is -0.389 e. The number of aliphatic hydroxyl groups is 2. The minimum atomic E-state index is -1.16. The van der Waals surface area contributed by atoms with Gasteiger partial charge < -0.3 is 26.2 Å². The Labute approximate surface area is 185 Å². The molecule has 1 aliphatic rings. The van der Waals surface area contributed by atoms with E-state index >= 15 is 0 Å². The van der Waals surface area contributed by atoms with Gasteiger partial charge in [0.15, 0.2) is 0 Å². The summed E-state index contributed by atoms with van der Waals surface area (Å²) in [5.41, 5.74) is 4.54. The molecule has 166 valence electrons. The largest absolute Gasteiger partial charge is 0.389 e. The maximum atomic E-state index is 14.8. The third kappa shape index (κ3) is 5.52. The van der Waals surface area contributed by atoms with Crippen LogP contribution in [0.3, 0.4) is 0 Å². The molecule has 1 aromatic carbocycles. The summed E-state index contributed by atoms with van der Waals surface area (Å²) >= 11 is 1.21. The first kappa shape index (κ1) is 23.0. The van der Waals surface area contributed by atoms with Gasteiger partial charge in [0.1, 0.15) is 16.6 Å². The maximum Gasteiger partial charge on any atom is 0.251 e. The Morgan fingerprint density at radius 2 is 1.97 bits per heavy atom. The van der Waals surface area contributed by atoms with Crippen LogP contribution in [0.25, 0.3) is 10.4 Å². The van der Waals surface area contributed by atoms with Crippen LogP contribution < -0.4 is 11.1 Å². The van der Waals surface area contributed by atoms with Crippen LogP contribution in [0, 0.1) is 5.82 Å². The number of anilines is 1. The summed E-state index contributed by atoms with van der Waals surface area (Å²) in [6.07, 6.45) is 5.69. The lowest BCUT2D eigenvalue weighted by atomic mass is 9.96. The van der Waals surface area contributed by atoms with Crippen LogP contribution in [-0.2, 0) is 5.60 Å². The lowest BCUT2D eigenvalue weighted by Gasteiger charge is -2.33. The minimum absolute atomic E-state index is 0.254. The van der Waals surface area contributed by atoms with Gasteiger partial charge in [0.2, 0.25) is 0 Å². The van der Waals surface area contributed by atoms with Crippen molar-refractivity contribution >= 4 is 22.2 Å². The average Bonchev–Trinajstić information content (AvgIpc) is 3.05. The van der Waals surface area contributed by atoms with E-state index in [0.717, 1.165) is 0 Å². The number of carbonyl (C=O) groups excluding carboxylic acids is 1. The molecule has 0 unspecified atom stereocenters. The first-order valence-electron chi connectivity index (χ1n) is 9.93. The highest BCUT2D eigenvalue weighted by molar-refractivity contribution is 7.19. The van der Waals surface area contributed by atoms with Crippen LogP contribution in [0.4, 0.5) is 9.39 Å². The molecule has 1 amide bonds. The van der Waals surface area contributed by atoms with Gasteiger partial charge in [-0.25, -0.2) is 4.39 Å². The molecule has 0 aliphatic carbocycles. The van der Waals surface area contributed by atoms with E-state index in [1.54, 1.807) is 45.9 Å². The summed E-state index contributed by atoms with van der Waals surface area (Å²) in [6, 6.07) is 6.11. The van der Waals surface area contributed by atoms with Crippen molar-refractivity contribution in [1.29, 1.82) is 0 Å². The molecule has 8 heteroatoms. The summed E-state index contributed by atoms with van der Waals surface area (Å²) in [5, 5.41) is 24.0. The number of carbonyl (C=O) groups is 1. The Kier molecular flexibility index (Phi) is 6.27. The van der Waals surface area contributed by atoms with Crippen molar-refractivity contribution in [2.75, 3.05) is 18.4 Å². The van der Waals surface area contributed by atoms with Gasteiger partial charge in [0.25, 0.3) is 5.91 Å². The number of benzene rings is 1. The maximum absolute atomic E-state index is 14.8. The van der Waals surface area contributed by atoms with Crippen LogP contribution >= 0.6 is 11.3 Å². The van der Waals surface area contributed by atoms with Crippen LogP contribution in [-0.4, -0.2) is 39.7 Å². The number of nitrogens with one attached hydrogen (secondary N) is 1. The van der Waals surface area contributed by atoms with Crippen molar-refractivity contribution in [2.45, 2.75) is 38.9 Å². The normalized spacial score (nSPS) is 14.5. The number of nitrogens with two attached hydrogens (primary N) is 1. The average molecular weight is 446 g/mol. The third-order valence-electron chi connectivity index (χ3n) is 4.81. The predicted octanol–water partition coefficient (Wildman–Crippen LogP) is 3.78. The molecule has 0 radical (unpaired) electrons. The number of hydrogen-bond acceptors (Lipinski definition) is 6. The molecule has 31 heavy (non-hydrogen) atoms. The molecule has 1 aromatic heterocycles. The Morgan fingerprint density at radius 1 is 1.26 bits per heavy atom. The molecule has 0 spiro atoms. The zero-order valence-corrected chi connectivity index (χ0v) is 18.9. The summed E-state index contributed by atoms with van der Waals surface area (Å²) in [4.78, 5) is 14.6. The summed E-state index contributed by atoms with van der Waals surface area (Å²) in [7, 11) is 0. The number of nitrogens with zero attached hydrogens (tertiary/aromatic N) is 1. The monoisotopic (exact) mass is 445 g/mol. The van der Waals surface area contributed by atoms with Crippen LogP contribution in [0.1, 0.15) is 43.6 Å². The number of rotatable bonds is 7. The SMILES string of the molecule is CC(C)(O)CN1CC=CC=C1Nc1sc(-c2ccc(C(C)(C)O)cc2F)cc1C(N)=O. The molecular formula is C23H28FN3O3S. The van der Waals surface area contributed by atoms with Crippen LogP contribution in [0.15, 0.2) is 48.3 Å². The number of amides is 1. The third-order valence-corrected chi connectivity index (χ3v) is 5.90. The molecule has 3 rings (SSSR count).